The number of hydrogen-bond donors (Lipinski definition) is 1. The molecule has 1 N–H and O–H groups in total. The number of anilines is 1. The Morgan fingerprint density at radius 2 is 1.73 bits per heavy atom. The van der Waals surface area contributed by atoms with Crippen molar-refractivity contribution < 1.29 is 23.4 Å². The third kappa shape index (κ3) is 4.01. The van der Waals surface area contributed by atoms with Crippen molar-refractivity contribution in [2.75, 3.05) is 25.1 Å². The number of hydrogen-bond acceptors (Lipinski definition) is 4. The van der Waals surface area contributed by atoms with Crippen molar-refractivity contribution in [3.05, 3.63) is 72.0 Å². The standard InChI is InChI=1S/C24H24FNO4/c1-3-28-21-13-12-20(18-6-4-5-7-19(18)21)26-23(27)24(2)14-29-22(30-15-24)16-8-10-17(25)11-9-16/h4-13,22H,3,14-15H2,1-2H3,(H,26,27). The number of fused-ring (bicyclic) bond motifs is 1. The number of benzene rings is 3. The van der Waals surface area contributed by atoms with E-state index < -0.39 is 11.7 Å². The second-order valence-electron chi connectivity index (χ2n) is 7.61. The first-order chi connectivity index (χ1) is 14.5. The Bertz CT molecular complexity index is 1040. The Morgan fingerprint density at radius 3 is 2.40 bits per heavy atom. The van der Waals surface area contributed by atoms with Crippen LogP contribution in [0.15, 0.2) is 60.7 Å². The van der Waals surface area contributed by atoms with E-state index in [4.69, 9.17) is 14.2 Å². The Hall–Kier alpha value is -2.96. The molecule has 6 heteroatoms. The van der Waals surface area contributed by atoms with Gasteiger partial charge in [0.2, 0.25) is 5.91 Å². The smallest absolute Gasteiger partial charge is 0.235 e. The number of nitrogens with one attached hydrogen (secondary N) is 1. The van der Waals surface area contributed by atoms with Crippen molar-refractivity contribution in [2.24, 2.45) is 5.41 Å². The minimum Gasteiger partial charge on any atom is -0.493 e. The maximum atomic E-state index is 13.1. The van der Waals surface area contributed by atoms with Crippen molar-refractivity contribution in [3.8, 4) is 5.75 Å². The summed E-state index contributed by atoms with van der Waals surface area (Å²) in [6.07, 6.45) is -0.613. The SMILES string of the molecule is CCOc1ccc(NC(=O)C2(C)COC(c3ccc(F)cc3)OC2)c2ccccc12. The zero-order valence-corrected chi connectivity index (χ0v) is 17.0. The fraction of sp³-hybridized carbons (Fsp3) is 0.292. The predicted octanol–water partition coefficient (Wildman–Crippen LogP) is 5.07. The highest BCUT2D eigenvalue weighted by molar-refractivity contribution is 6.05. The van der Waals surface area contributed by atoms with Gasteiger partial charge in [-0.1, -0.05) is 36.4 Å². The van der Waals surface area contributed by atoms with E-state index in [-0.39, 0.29) is 24.9 Å². The van der Waals surface area contributed by atoms with Crippen LogP contribution in [0.2, 0.25) is 0 Å². The molecule has 4 rings (SSSR count). The largest absolute Gasteiger partial charge is 0.493 e. The average molecular weight is 409 g/mol. The molecule has 0 aliphatic carbocycles. The Balaban J connectivity index is 1.49. The number of rotatable bonds is 5. The molecule has 1 saturated heterocycles. The molecule has 0 saturated carbocycles. The van der Waals surface area contributed by atoms with Crippen LogP contribution in [0, 0.1) is 11.2 Å². The topological polar surface area (TPSA) is 56.8 Å². The molecule has 0 radical (unpaired) electrons. The third-order valence-corrected chi connectivity index (χ3v) is 5.23. The highest BCUT2D eigenvalue weighted by Crippen LogP contribution is 2.35. The van der Waals surface area contributed by atoms with E-state index in [0.29, 0.717) is 12.3 Å². The maximum absolute atomic E-state index is 13.1. The van der Waals surface area contributed by atoms with Gasteiger partial charge in [0.05, 0.1) is 25.2 Å². The molecule has 1 heterocycles. The van der Waals surface area contributed by atoms with E-state index in [2.05, 4.69) is 5.32 Å². The summed E-state index contributed by atoms with van der Waals surface area (Å²) in [6.45, 7) is 4.69. The first-order valence-corrected chi connectivity index (χ1v) is 9.95. The molecule has 5 nitrogen and oxygen atoms in total. The van der Waals surface area contributed by atoms with E-state index in [1.54, 1.807) is 19.1 Å². The molecule has 156 valence electrons. The molecule has 1 fully saturated rings. The lowest BCUT2D eigenvalue weighted by Gasteiger charge is -2.36. The van der Waals surface area contributed by atoms with Crippen molar-refractivity contribution in [2.45, 2.75) is 20.1 Å². The lowest BCUT2D eigenvalue weighted by Crippen LogP contribution is -2.45. The van der Waals surface area contributed by atoms with Gasteiger partial charge < -0.3 is 19.5 Å². The van der Waals surface area contributed by atoms with E-state index in [1.165, 1.54) is 12.1 Å². The molecular formula is C24H24FNO4. The second kappa shape index (κ2) is 8.42. The summed E-state index contributed by atoms with van der Waals surface area (Å²) in [5, 5.41) is 4.87. The average Bonchev–Trinajstić information content (AvgIpc) is 2.77. The number of carbonyl (C=O) groups is 1. The normalized spacial score (nSPS) is 21.4. The highest BCUT2D eigenvalue weighted by atomic mass is 19.1. The molecule has 1 aliphatic heterocycles. The molecule has 1 aliphatic rings. The van der Waals surface area contributed by atoms with Crippen LogP contribution in [-0.2, 0) is 14.3 Å². The predicted molar refractivity (Wildman–Crippen MR) is 113 cm³/mol. The highest BCUT2D eigenvalue weighted by Gasteiger charge is 2.40. The van der Waals surface area contributed by atoms with Gasteiger partial charge in [-0.25, -0.2) is 4.39 Å². The van der Waals surface area contributed by atoms with Crippen molar-refractivity contribution in [1.82, 2.24) is 0 Å². The summed E-state index contributed by atoms with van der Waals surface area (Å²) in [6, 6.07) is 17.5. The van der Waals surface area contributed by atoms with Crippen molar-refractivity contribution in [1.29, 1.82) is 0 Å². The quantitative estimate of drug-likeness (QED) is 0.639. The van der Waals surface area contributed by atoms with Gasteiger partial charge in [0, 0.05) is 22.0 Å². The summed E-state index contributed by atoms with van der Waals surface area (Å²) < 4.78 is 30.4. The zero-order chi connectivity index (χ0) is 21.1. The van der Waals surface area contributed by atoms with Gasteiger partial charge >= 0.3 is 0 Å². The fourth-order valence-corrected chi connectivity index (χ4v) is 3.49. The van der Waals surface area contributed by atoms with E-state index in [0.717, 1.165) is 22.1 Å². The molecule has 0 unspecified atom stereocenters. The van der Waals surface area contributed by atoms with Crippen molar-refractivity contribution in [3.63, 3.8) is 0 Å². The number of amides is 1. The minimum atomic E-state index is -0.851. The molecule has 30 heavy (non-hydrogen) atoms. The second-order valence-corrected chi connectivity index (χ2v) is 7.61. The molecular weight excluding hydrogens is 385 g/mol. The van der Waals surface area contributed by atoms with Crippen LogP contribution in [0.25, 0.3) is 10.8 Å². The molecule has 0 aromatic heterocycles. The van der Waals surface area contributed by atoms with Crippen LogP contribution in [-0.4, -0.2) is 25.7 Å². The molecule has 3 aromatic rings. The number of carbonyl (C=O) groups excluding carboxylic acids is 1. The molecule has 0 atom stereocenters. The van der Waals surface area contributed by atoms with Crippen LogP contribution in [0.3, 0.4) is 0 Å². The van der Waals surface area contributed by atoms with Gasteiger partial charge in [0.15, 0.2) is 6.29 Å². The minimum absolute atomic E-state index is 0.186. The lowest BCUT2D eigenvalue weighted by atomic mass is 9.90. The van der Waals surface area contributed by atoms with Crippen LogP contribution in [0.4, 0.5) is 10.1 Å². The van der Waals surface area contributed by atoms with E-state index >= 15 is 0 Å². The van der Waals surface area contributed by atoms with Crippen LogP contribution in [0.1, 0.15) is 25.7 Å². The molecule has 1 amide bonds. The maximum Gasteiger partial charge on any atom is 0.235 e. The summed E-state index contributed by atoms with van der Waals surface area (Å²) in [5.74, 6) is 0.277. The summed E-state index contributed by atoms with van der Waals surface area (Å²) in [4.78, 5) is 13.1. The number of ether oxygens (including phenoxy) is 3. The summed E-state index contributed by atoms with van der Waals surface area (Å²) in [7, 11) is 0. The first-order valence-electron chi connectivity index (χ1n) is 9.95. The van der Waals surface area contributed by atoms with Gasteiger partial charge in [0.25, 0.3) is 0 Å². The number of halogens is 1. The van der Waals surface area contributed by atoms with Crippen LogP contribution in [0.5, 0.6) is 5.75 Å². The fourth-order valence-electron chi connectivity index (χ4n) is 3.49. The lowest BCUT2D eigenvalue weighted by molar-refractivity contribution is -0.226. The summed E-state index contributed by atoms with van der Waals surface area (Å²) in [5.41, 5.74) is 0.577. The molecule has 3 aromatic carbocycles. The third-order valence-electron chi connectivity index (χ3n) is 5.23. The Kier molecular flexibility index (Phi) is 5.70. The first kappa shape index (κ1) is 20.3. The van der Waals surface area contributed by atoms with E-state index in [1.807, 2.05) is 43.3 Å². The van der Waals surface area contributed by atoms with Crippen molar-refractivity contribution >= 4 is 22.4 Å². The Morgan fingerprint density at radius 1 is 1.07 bits per heavy atom. The van der Waals surface area contributed by atoms with Gasteiger partial charge in [0.1, 0.15) is 11.6 Å². The zero-order valence-electron chi connectivity index (χ0n) is 17.0. The van der Waals surface area contributed by atoms with Gasteiger partial charge in [-0.3, -0.25) is 4.79 Å². The van der Waals surface area contributed by atoms with Crippen LogP contribution < -0.4 is 10.1 Å². The van der Waals surface area contributed by atoms with Gasteiger partial charge in [-0.15, -0.1) is 0 Å². The van der Waals surface area contributed by atoms with Gasteiger partial charge in [-0.2, -0.15) is 0 Å². The van der Waals surface area contributed by atoms with Crippen LogP contribution >= 0.6 is 0 Å². The Labute approximate surface area is 174 Å². The van der Waals surface area contributed by atoms with Gasteiger partial charge in [-0.05, 0) is 38.1 Å². The molecule has 0 spiro atoms. The summed E-state index contributed by atoms with van der Waals surface area (Å²) >= 11 is 0. The van der Waals surface area contributed by atoms with E-state index in [9.17, 15) is 9.18 Å². The molecule has 0 bridgehead atoms. The monoisotopic (exact) mass is 409 g/mol.